The number of rotatable bonds is 6. The monoisotopic (exact) mass is 687 g/mol. The SMILES string of the molecule is COc1nc(-c2cccc(-c3c(F)ccc(NC(=O)c4nn(C)c(=O)n(C)c4=O)c3C)c2Cl)cc2c1C(N1CC3(CN(C(C)=O)C3)C1)CC2. The van der Waals surface area contributed by atoms with Crippen molar-refractivity contribution >= 4 is 29.1 Å². The first kappa shape index (κ1) is 32.7. The zero-order valence-corrected chi connectivity index (χ0v) is 28.5. The highest BCUT2D eigenvalue weighted by Crippen LogP contribution is 2.50. The summed E-state index contributed by atoms with van der Waals surface area (Å²) in [4.78, 5) is 58.7. The molecule has 254 valence electrons. The van der Waals surface area contributed by atoms with Crippen LogP contribution in [0.25, 0.3) is 22.4 Å². The molecule has 2 aromatic carbocycles. The standard InChI is InChI=1S/C35H35ClFN7O5/c1-18-24(38-31(46)30-33(47)41(3)34(48)42(4)40-30)11-10-23(37)27(18)22-8-6-7-21(29(22)36)25-13-20-9-12-26(28(20)32(39-25)49-5)44-16-35(17-44)14-43(15-35)19(2)45/h6-8,10-11,13,26H,9,12,14-17H2,1-5H3,(H,38,46). The minimum atomic E-state index is -0.854. The van der Waals surface area contributed by atoms with Crippen LogP contribution in [0, 0.1) is 18.2 Å². The van der Waals surface area contributed by atoms with Gasteiger partial charge in [0.15, 0.2) is 0 Å². The number of anilines is 1. The van der Waals surface area contributed by atoms with Crippen molar-refractivity contribution in [2.75, 3.05) is 38.6 Å². The number of benzene rings is 2. The number of carbonyl (C=O) groups is 2. The smallest absolute Gasteiger partial charge is 0.346 e. The summed E-state index contributed by atoms with van der Waals surface area (Å²) >= 11 is 7.03. The number of aromatic nitrogens is 4. The number of pyridine rings is 1. The highest BCUT2D eigenvalue weighted by molar-refractivity contribution is 6.36. The van der Waals surface area contributed by atoms with Gasteiger partial charge in [0.05, 0.1) is 17.8 Å². The molecule has 2 amide bonds. The average molecular weight is 688 g/mol. The van der Waals surface area contributed by atoms with Crippen LogP contribution in [0.15, 0.2) is 46.0 Å². The Balaban J connectivity index is 1.18. The lowest BCUT2D eigenvalue weighted by Crippen LogP contribution is -2.72. The average Bonchev–Trinajstić information content (AvgIpc) is 3.45. The number of hydrogen-bond donors (Lipinski definition) is 1. The Labute approximate surface area is 286 Å². The van der Waals surface area contributed by atoms with Crippen molar-refractivity contribution in [1.29, 1.82) is 0 Å². The molecular weight excluding hydrogens is 653 g/mol. The van der Waals surface area contributed by atoms with Gasteiger partial charge >= 0.3 is 5.69 Å². The summed E-state index contributed by atoms with van der Waals surface area (Å²) < 4.78 is 23.1. The van der Waals surface area contributed by atoms with Crippen LogP contribution in [0.4, 0.5) is 10.1 Å². The first-order valence-electron chi connectivity index (χ1n) is 15.9. The van der Waals surface area contributed by atoms with Crippen LogP contribution in [-0.4, -0.2) is 74.2 Å². The predicted molar refractivity (Wildman–Crippen MR) is 181 cm³/mol. The number of nitrogens with one attached hydrogen (secondary N) is 1. The fraction of sp³-hybridized carbons (Fsp3) is 0.371. The quantitative estimate of drug-likeness (QED) is 0.325. The molecule has 2 fully saturated rings. The van der Waals surface area contributed by atoms with E-state index in [-0.39, 0.29) is 33.6 Å². The third kappa shape index (κ3) is 5.32. The number of halogens is 2. The largest absolute Gasteiger partial charge is 0.481 e. The predicted octanol–water partition coefficient (Wildman–Crippen LogP) is 3.72. The summed E-state index contributed by atoms with van der Waals surface area (Å²) in [6.07, 6.45) is 1.77. The maximum Gasteiger partial charge on any atom is 0.346 e. The van der Waals surface area contributed by atoms with Gasteiger partial charge in [0, 0.05) is 86.6 Å². The third-order valence-electron chi connectivity index (χ3n) is 10.1. The van der Waals surface area contributed by atoms with E-state index in [0.717, 1.165) is 59.4 Å². The molecule has 0 bridgehead atoms. The molecule has 2 saturated heterocycles. The maximum atomic E-state index is 15.6. The molecule has 2 aromatic heterocycles. The second-order valence-electron chi connectivity index (χ2n) is 13.3. The van der Waals surface area contributed by atoms with Crippen LogP contribution >= 0.6 is 11.6 Å². The van der Waals surface area contributed by atoms with Gasteiger partial charge in [0.1, 0.15) is 5.82 Å². The van der Waals surface area contributed by atoms with E-state index in [0.29, 0.717) is 28.3 Å². The van der Waals surface area contributed by atoms with E-state index in [1.54, 1.807) is 33.1 Å². The lowest BCUT2D eigenvalue weighted by Gasteiger charge is -2.61. The van der Waals surface area contributed by atoms with E-state index in [4.69, 9.17) is 21.3 Å². The molecule has 1 atom stereocenters. The third-order valence-corrected chi connectivity index (χ3v) is 10.5. The molecule has 12 nitrogen and oxygen atoms in total. The lowest BCUT2D eigenvalue weighted by atomic mass is 9.72. The van der Waals surface area contributed by atoms with Crippen molar-refractivity contribution in [3.05, 3.63) is 90.5 Å². The molecule has 7 rings (SSSR count). The highest BCUT2D eigenvalue weighted by atomic mass is 35.5. The van der Waals surface area contributed by atoms with Crippen molar-refractivity contribution in [3.8, 4) is 28.3 Å². The van der Waals surface area contributed by atoms with Gasteiger partial charge in [-0.3, -0.25) is 23.9 Å². The molecule has 0 saturated carbocycles. The number of likely N-dealkylation sites (tertiary alicyclic amines) is 2. The zero-order valence-electron chi connectivity index (χ0n) is 27.8. The zero-order chi connectivity index (χ0) is 34.9. The first-order chi connectivity index (χ1) is 23.3. The molecule has 3 aliphatic rings. The summed E-state index contributed by atoms with van der Waals surface area (Å²) in [5, 5.41) is 6.74. The van der Waals surface area contributed by atoms with Gasteiger partial charge < -0.3 is 15.0 Å². The highest BCUT2D eigenvalue weighted by Gasteiger charge is 2.55. The molecule has 14 heteroatoms. The van der Waals surface area contributed by atoms with E-state index < -0.39 is 28.7 Å². The van der Waals surface area contributed by atoms with Crippen LogP contribution in [-0.2, 0) is 25.3 Å². The van der Waals surface area contributed by atoms with Crippen molar-refractivity contribution in [1.82, 2.24) is 29.1 Å². The first-order valence-corrected chi connectivity index (χ1v) is 16.3. The summed E-state index contributed by atoms with van der Waals surface area (Å²) in [5.41, 5.74) is 2.75. The summed E-state index contributed by atoms with van der Waals surface area (Å²) in [5.74, 6) is -0.749. The normalized spacial score (nSPS) is 17.8. The summed E-state index contributed by atoms with van der Waals surface area (Å²) in [6, 6.07) is 10.1. The van der Waals surface area contributed by atoms with Gasteiger partial charge in [0.2, 0.25) is 17.5 Å². The van der Waals surface area contributed by atoms with E-state index in [1.807, 2.05) is 17.0 Å². The van der Waals surface area contributed by atoms with E-state index in [2.05, 4.69) is 15.3 Å². The molecule has 1 unspecified atom stereocenters. The fourth-order valence-corrected chi connectivity index (χ4v) is 7.87. The van der Waals surface area contributed by atoms with Crippen LogP contribution in [0.5, 0.6) is 5.88 Å². The molecule has 1 aliphatic carbocycles. The lowest BCUT2D eigenvalue weighted by molar-refractivity contribution is -0.161. The molecule has 2 aliphatic heterocycles. The number of nitrogens with zero attached hydrogens (tertiary/aromatic N) is 6. The Morgan fingerprint density at radius 2 is 1.80 bits per heavy atom. The van der Waals surface area contributed by atoms with Crippen LogP contribution in [0.3, 0.4) is 0 Å². The van der Waals surface area contributed by atoms with Gasteiger partial charge in [-0.2, -0.15) is 5.10 Å². The number of carbonyl (C=O) groups excluding carboxylic acids is 2. The molecule has 4 aromatic rings. The Hall–Kier alpha value is -4.88. The van der Waals surface area contributed by atoms with E-state index in [1.165, 1.54) is 26.2 Å². The molecule has 0 radical (unpaired) electrons. The van der Waals surface area contributed by atoms with Crippen LogP contribution < -0.4 is 21.3 Å². The second-order valence-corrected chi connectivity index (χ2v) is 13.6. The van der Waals surface area contributed by atoms with Crippen molar-refractivity contribution in [2.45, 2.75) is 32.7 Å². The topological polar surface area (TPSA) is 132 Å². The van der Waals surface area contributed by atoms with Crippen LogP contribution in [0.2, 0.25) is 5.02 Å². The minimum absolute atomic E-state index is 0.123. The van der Waals surface area contributed by atoms with Crippen molar-refractivity contribution < 1.29 is 18.7 Å². The molecule has 4 heterocycles. The van der Waals surface area contributed by atoms with Gasteiger partial charge in [0.25, 0.3) is 11.5 Å². The minimum Gasteiger partial charge on any atom is -0.481 e. The van der Waals surface area contributed by atoms with Crippen LogP contribution in [0.1, 0.15) is 46.6 Å². The molecule has 1 N–H and O–H groups in total. The molecular formula is C35H35ClFN7O5. The van der Waals surface area contributed by atoms with Gasteiger partial charge in [-0.15, -0.1) is 0 Å². The van der Waals surface area contributed by atoms with Crippen molar-refractivity contribution in [3.63, 3.8) is 0 Å². The number of methoxy groups -OCH3 is 1. The summed E-state index contributed by atoms with van der Waals surface area (Å²) in [6.45, 7) is 6.74. The number of fused-ring (bicyclic) bond motifs is 1. The second kappa shape index (κ2) is 11.9. The summed E-state index contributed by atoms with van der Waals surface area (Å²) in [7, 11) is 4.19. The molecule has 49 heavy (non-hydrogen) atoms. The van der Waals surface area contributed by atoms with Crippen molar-refractivity contribution in [2.24, 2.45) is 19.5 Å². The van der Waals surface area contributed by atoms with Gasteiger partial charge in [-0.1, -0.05) is 29.8 Å². The Bertz CT molecular complexity index is 2180. The number of ether oxygens (including phenoxy) is 1. The van der Waals surface area contributed by atoms with Gasteiger partial charge in [-0.25, -0.2) is 18.9 Å². The van der Waals surface area contributed by atoms with E-state index in [9.17, 15) is 19.2 Å². The Morgan fingerprint density at radius 1 is 1.08 bits per heavy atom. The number of hydrogen-bond acceptors (Lipinski definition) is 8. The number of aryl methyl sites for hydroxylation is 2. The number of amides is 2. The van der Waals surface area contributed by atoms with E-state index >= 15 is 4.39 Å². The molecule has 1 spiro atoms. The van der Waals surface area contributed by atoms with Gasteiger partial charge in [-0.05, 0) is 49.1 Å². The Morgan fingerprint density at radius 3 is 2.49 bits per heavy atom. The maximum absolute atomic E-state index is 15.6. The Kier molecular flexibility index (Phi) is 7.94. The fourth-order valence-electron chi connectivity index (χ4n) is 7.55.